The highest BCUT2D eigenvalue weighted by molar-refractivity contribution is 6.00. The fourth-order valence-corrected chi connectivity index (χ4v) is 4.66. The van der Waals surface area contributed by atoms with Gasteiger partial charge in [0.1, 0.15) is 5.54 Å². The Morgan fingerprint density at radius 2 is 1.80 bits per heavy atom. The molecule has 2 aromatic carbocycles. The van der Waals surface area contributed by atoms with Crippen molar-refractivity contribution in [2.75, 3.05) is 0 Å². The van der Waals surface area contributed by atoms with Gasteiger partial charge in [0.15, 0.2) is 0 Å². The second-order valence-electron chi connectivity index (χ2n) is 9.91. The van der Waals surface area contributed by atoms with Crippen LogP contribution in [-0.4, -0.2) is 37.0 Å². The molecule has 208 valence electrons. The van der Waals surface area contributed by atoms with Crippen LogP contribution in [0.25, 0.3) is 28.1 Å². The van der Waals surface area contributed by atoms with E-state index in [1.54, 1.807) is 6.92 Å². The lowest BCUT2D eigenvalue weighted by molar-refractivity contribution is -0.137. The molecule has 0 atom stereocenters. The van der Waals surface area contributed by atoms with E-state index >= 15 is 0 Å². The SMILES string of the molecule is Cc1nc(-c2cc3ccccc3n2-c2ccc(CNC(=O)C3(NC(=O)c4cncc(C(F)(F)F)c4)CC3)cc2)no1. The highest BCUT2D eigenvalue weighted by Gasteiger charge is 2.51. The van der Waals surface area contributed by atoms with Crippen molar-refractivity contribution in [2.45, 2.75) is 38.0 Å². The minimum absolute atomic E-state index is 0.200. The second kappa shape index (κ2) is 9.88. The molecule has 41 heavy (non-hydrogen) atoms. The molecule has 2 amide bonds. The first kappa shape index (κ1) is 26.2. The van der Waals surface area contributed by atoms with Crippen LogP contribution < -0.4 is 10.6 Å². The highest BCUT2D eigenvalue weighted by atomic mass is 19.4. The third-order valence-corrected chi connectivity index (χ3v) is 6.98. The van der Waals surface area contributed by atoms with Gasteiger partial charge in [0.25, 0.3) is 5.91 Å². The summed E-state index contributed by atoms with van der Waals surface area (Å²) in [4.78, 5) is 33.5. The van der Waals surface area contributed by atoms with Crippen LogP contribution in [0.2, 0.25) is 0 Å². The van der Waals surface area contributed by atoms with Crippen LogP contribution in [0.15, 0.2) is 77.6 Å². The molecule has 1 aliphatic rings. The molecule has 6 rings (SSSR count). The quantitative estimate of drug-likeness (QED) is 0.290. The molecule has 1 aliphatic carbocycles. The summed E-state index contributed by atoms with van der Waals surface area (Å²) in [6, 6.07) is 18.2. The summed E-state index contributed by atoms with van der Waals surface area (Å²) >= 11 is 0. The first-order valence-corrected chi connectivity index (χ1v) is 12.8. The van der Waals surface area contributed by atoms with Crippen LogP contribution in [0.5, 0.6) is 0 Å². The molecular weight excluding hydrogens is 537 g/mol. The van der Waals surface area contributed by atoms with Crippen molar-refractivity contribution in [2.24, 2.45) is 0 Å². The molecule has 0 saturated heterocycles. The van der Waals surface area contributed by atoms with Crippen molar-refractivity contribution in [3.63, 3.8) is 0 Å². The van der Waals surface area contributed by atoms with E-state index in [4.69, 9.17) is 4.52 Å². The van der Waals surface area contributed by atoms with Crippen molar-refractivity contribution < 1.29 is 27.3 Å². The van der Waals surface area contributed by atoms with Crippen molar-refractivity contribution in [3.8, 4) is 17.2 Å². The van der Waals surface area contributed by atoms with Gasteiger partial charge in [-0.15, -0.1) is 0 Å². The summed E-state index contributed by atoms with van der Waals surface area (Å²) in [6.07, 6.45) is -2.17. The highest BCUT2D eigenvalue weighted by Crippen LogP contribution is 2.36. The molecule has 0 aliphatic heterocycles. The third-order valence-electron chi connectivity index (χ3n) is 6.98. The molecule has 12 heteroatoms. The molecular formula is C29H23F3N6O3. The lowest BCUT2D eigenvalue weighted by Crippen LogP contribution is -2.48. The zero-order chi connectivity index (χ0) is 28.8. The van der Waals surface area contributed by atoms with Crippen molar-refractivity contribution in [1.82, 2.24) is 30.3 Å². The Morgan fingerprint density at radius 3 is 2.49 bits per heavy atom. The minimum Gasteiger partial charge on any atom is -0.350 e. The number of nitrogens with zero attached hydrogens (tertiary/aromatic N) is 4. The molecule has 1 saturated carbocycles. The topological polar surface area (TPSA) is 115 Å². The summed E-state index contributed by atoms with van der Waals surface area (Å²) in [5.41, 5.74) is 0.962. The van der Waals surface area contributed by atoms with Gasteiger partial charge in [0.05, 0.1) is 22.3 Å². The number of alkyl halides is 3. The van der Waals surface area contributed by atoms with E-state index in [0.717, 1.165) is 40.1 Å². The zero-order valence-corrected chi connectivity index (χ0v) is 21.7. The molecule has 0 unspecified atom stereocenters. The summed E-state index contributed by atoms with van der Waals surface area (Å²) in [5.74, 6) is -0.264. The van der Waals surface area contributed by atoms with Crippen LogP contribution in [0, 0.1) is 6.92 Å². The largest absolute Gasteiger partial charge is 0.417 e. The number of carbonyl (C=O) groups excluding carboxylic acids is 2. The van der Waals surface area contributed by atoms with E-state index in [0.29, 0.717) is 30.8 Å². The fraction of sp³-hybridized carbons (Fsp3) is 0.207. The average Bonchev–Trinajstić information content (AvgIpc) is 3.45. The number of nitrogens with one attached hydrogen (secondary N) is 2. The number of halogens is 3. The number of amides is 2. The Bertz CT molecular complexity index is 1770. The van der Waals surface area contributed by atoms with Crippen LogP contribution in [0.3, 0.4) is 0 Å². The maximum atomic E-state index is 13.0. The van der Waals surface area contributed by atoms with Crippen molar-refractivity contribution in [3.05, 3.63) is 95.6 Å². The molecule has 0 radical (unpaired) electrons. The molecule has 0 spiro atoms. The predicted octanol–water partition coefficient (Wildman–Crippen LogP) is 4.98. The van der Waals surface area contributed by atoms with Gasteiger partial charge in [-0.2, -0.15) is 18.2 Å². The summed E-state index contributed by atoms with van der Waals surface area (Å²) < 4.78 is 46.2. The van der Waals surface area contributed by atoms with Crippen molar-refractivity contribution >= 4 is 22.7 Å². The van der Waals surface area contributed by atoms with Gasteiger partial charge in [0.2, 0.25) is 17.6 Å². The standard InChI is InChI=1S/C29H23F3N6O3/c1-17-35-25(37-41-17)24-13-19-4-2-3-5-23(19)38(24)22-8-6-18(7-9-22)14-34-27(40)28(10-11-28)36-26(39)20-12-21(16-33-15-20)29(30,31)32/h2-9,12-13,15-16H,10-11,14H2,1H3,(H,34,40)(H,36,39). The van der Waals surface area contributed by atoms with E-state index in [1.165, 1.54) is 0 Å². The monoisotopic (exact) mass is 560 g/mol. The summed E-state index contributed by atoms with van der Waals surface area (Å²) in [7, 11) is 0. The number of para-hydroxylation sites is 1. The van der Waals surface area contributed by atoms with E-state index in [1.807, 2.05) is 59.2 Å². The van der Waals surface area contributed by atoms with Gasteiger partial charge in [0, 0.05) is 36.9 Å². The maximum Gasteiger partial charge on any atom is 0.417 e. The molecule has 0 bridgehead atoms. The van der Waals surface area contributed by atoms with E-state index in [9.17, 15) is 22.8 Å². The number of hydrogen-bond acceptors (Lipinski definition) is 6. The van der Waals surface area contributed by atoms with Crippen LogP contribution in [0.1, 0.15) is 40.2 Å². The number of benzene rings is 2. The van der Waals surface area contributed by atoms with Crippen LogP contribution in [0.4, 0.5) is 13.2 Å². The smallest absolute Gasteiger partial charge is 0.350 e. The lowest BCUT2D eigenvalue weighted by atomic mass is 10.1. The fourth-order valence-electron chi connectivity index (χ4n) is 4.66. The number of aromatic nitrogens is 4. The third kappa shape index (κ3) is 5.15. The van der Waals surface area contributed by atoms with Gasteiger partial charge in [-0.3, -0.25) is 14.6 Å². The average molecular weight is 561 g/mol. The number of pyridine rings is 1. The molecule has 3 heterocycles. The van der Waals surface area contributed by atoms with Gasteiger partial charge in [-0.25, -0.2) is 0 Å². The lowest BCUT2D eigenvalue weighted by Gasteiger charge is -2.18. The normalized spacial score (nSPS) is 14.1. The number of carbonyl (C=O) groups is 2. The van der Waals surface area contributed by atoms with Gasteiger partial charge in [-0.1, -0.05) is 35.5 Å². The van der Waals surface area contributed by atoms with Crippen molar-refractivity contribution in [1.29, 1.82) is 0 Å². The minimum atomic E-state index is -4.63. The second-order valence-corrected chi connectivity index (χ2v) is 9.91. The molecule has 2 N–H and O–H groups in total. The first-order chi connectivity index (χ1) is 19.6. The Hall–Kier alpha value is -5.00. The number of rotatable bonds is 7. The van der Waals surface area contributed by atoms with Gasteiger partial charge < -0.3 is 19.7 Å². The number of hydrogen-bond donors (Lipinski definition) is 2. The van der Waals surface area contributed by atoms with Gasteiger partial charge >= 0.3 is 6.18 Å². The molecule has 1 fully saturated rings. The molecule has 9 nitrogen and oxygen atoms in total. The summed E-state index contributed by atoms with van der Waals surface area (Å²) in [5, 5.41) is 10.5. The first-order valence-electron chi connectivity index (χ1n) is 12.8. The van der Waals surface area contributed by atoms with E-state index in [2.05, 4.69) is 25.8 Å². The van der Waals surface area contributed by atoms with Crippen LogP contribution >= 0.6 is 0 Å². The maximum absolute atomic E-state index is 13.0. The predicted molar refractivity (Wildman–Crippen MR) is 142 cm³/mol. The Morgan fingerprint density at radius 1 is 1.05 bits per heavy atom. The number of fused-ring (bicyclic) bond motifs is 1. The molecule has 5 aromatic rings. The van der Waals surface area contributed by atoms with Crippen LogP contribution in [-0.2, 0) is 17.5 Å². The molecule has 3 aromatic heterocycles. The zero-order valence-electron chi connectivity index (χ0n) is 21.7. The Balaban J connectivity index is 1.15. The Kier molecular flexibility index (Phi) is 6.32. The van der Waals surface area contributed by atoms with Gasteiger partial charge in [-0.05, 0) is 48.7 Å². The number of aryl methyl sites for hydroxylation is 1. The van der Waals surface area contributed by atoms with E-state index in [-0.39, 0.29) is 12.1 Å². The Labute approximate surface area is 231 Å². The van der Waals surface area contributed by atoms with E-state index < -0.39 is 29.1 Å². The summed E-state index contributed by atoms with van der Waals surface area (Å²) in [6.45, 7) is 1.93.